The third-order valence-corrected chi connectivity index (χ3v) is 4.37. The molecule has 0 aliphatic carbocycles. The molecule has 1 saturated heterocycles. The number of hydrogen-bond donors (Lipinski definition) is 0. The van der Waals surface area contributed by atoms with Crippen LogP contribution in [-0.2, 0) is 28.8 Å². The van der Waals surface area contributed by atoms with Gasteiger partial charge in [0.1, 0.15) is 13.2 Å². The van der Waals surface area contributed by atoms with Crippen LogP contribution in [0.4, 0.5) is 0 Å². The Kier molecular flexibility index (Phi) is 7.29. The quantitative estimate of drug-likeness (QED) is 0.416. The maximum absolute atomic E-state index is 11.2. The van der Waals surface area contributed by atoms with E-state index in [1.807, 2.05) is 4.90 Å². The molecule has 0 aromatic rings. The number of esters is 1. The molecule has 8 heteroatoms. The van der Waals surface area contributed by atoms with Crippen LogP contribution in [0.15, 0.2) is 0 Å². The fourth-order valence-corrected chi connectivity index (χ4v) is 2.88. The first-order chi connectivity index (χ1) is 9.03. The van der Waals surface area contributed by atoms with E-state index in [4.69, 9.17) is 14.2 Å². The summed E-state index contributed by atoms with van der Waals surface area (Å²) in [5.41, 5.74) is 0. The molecule has 0 aromatic heterocycles. The van der Waals surface area contributed by atoms with Crippen molar-refractivity contribution in [2.24, 2.45) is 0 Å². The summed E-state index contributed by atoms with van der Waals surface area (Å²) >= 11 is 0. The third kappa shape index (κ3) is 7.46. The molecule has 7 nitrogen and oxygen atoms in total. The second-order valence-corrected chi connectivity index (χ2v) is 6.56. The van der Waals surface area contributed by atoms with E-state index in [0.717, 1.165) is 0 Å². The Bertz CT molecular complexity index is 355. The first-order valence-electron chi connectivity index (χ1n) is 6.18. The van der Waals surface area contributed by atoms with Gasteiger partial charge in [-0.3, -0.25) is 4.90 Å². The van der Waals surface area contributed by atoms with Gasteiger partial charge in [-0.2, -0.15) is 0 Å². The molecule has 0 radical (unpaired) electrons. The van der Waals surface area contributed by atoms with Crippen molar-refractivity contribution in [2.45, 2.75) is 0 Å². The van der Waals surface area contributed by atoms with E-state index in [0.29, 0.717) is 32.8 Å². The summed E-state index contributed by atoms with van der Waals surface area (Å²) in [7, 11) is -1.30. The number of nitrogens with zero attached hydrogens (tertiary/aromatic N) is 1. The Morgan fingerprint density at radius 1 is 1.16 bits per heavy atom. The maximum Gasteiger partial charge on any atom is 0.332 e. The monoisotopic (exact) mass is 295 g/mol. The van der Waals surface area contributed by atoms with Crippen LogP contribution in [0.5, 0.6) is 0 Å². The number of carbonyl (C=O) groups excluding carboxylic acids is 1. The molecule has 19 heavy (non-hydrogen) atoms. The van der Waals surface area contributed by atoms with E-state index in [1.165, 1.54) is 0 Å². The Morgan fingerprint density at radius 2 is 1.84 bits per heavy atom. The molecule has 0 spiro atoms. The molecule has 0 amide bonds. The molecule has 1 aliphatic rings. The summed E-state index contributed by atoms with van der Waals surface area (Å²) < 4.78 is 37.2. The van der Waals surface area contributed by atoms with Gasteiger partial charge >= 0.3 is 5.97 Å². The van der Waals surface area contributed by atoms with E-state index < -0.39 is 15.8 Å². The molecule has 0 bridgehead atoms. The lowest BCUT2D eigenvalue weighted by Crippen LogP contribution is -2.42. The van der Waals surface area contributed by atoms with Crippen molar-refractivity contribution in [3.05, 3.63) is 0 Å². The van der Waals surface area contributed by atoms with Gasteiger partial charge in [0.2, 0.25) is 0 Å². The van der Waals surface area contributed by atoms with Crippen LogP contribution < -0.4 is 0 Å². The third-order valence-electron chi connectivity index (χ3n) is 2.76. The van der Waals surface area contributed by atoms with Crippen molar-refractivity contribution in [3.63, 3.8) is 0 Å². The lowest BCUT2D eigenvalue weighted by Gasteiger charge is -2.25. The lowest BCUT2D eigenvalue weighted by atomic mass is 10.5. The first-order valence-corrected chi connectivity index (χ1v) is 8.01. The number of ether oxygens (including phenoxy) is 3. The molecule has 1 heterocycles. The van der Waals surface area contributed by atoms with Gasteiger partial charge in [-0.25, -0.2) is 13.2 Å². The fourth-order valence-electron chi connectivity index (χ4n) is 1.60. The van der Waals surface area contributed by atoms with Crippen LogP contribution in [0.3, 0.4) is 0 Å². The average Bonchev–Trinajstić information content (AvgIpc) is 2.37. The van der Waals surface area contributed by atoms with E-state index in [1.54, 1.807) is 7.11 Å². The summed E-state index contributed by atoms with van der Waals surface area (Å²) in [4.78, 5) is 13.2. The zero-order valence-electron chi connectivity index (χ0n) is 11.2. The van der Waals surface area contributed by atoms with E-state index in [2.05, 4.69) is 0 Å². The molecule has 1 rings (SSSR count). The van der Waals surface area contributed by atoms with Gasteiger partial charge in [0.25, 0.3) is 0 Å². The number of hydrogen-bond acceptors (Lipinski definition) is 7. The fraction of sp³-hybridized carbons (Fsp3) is 0.909. The van der Waals surface area contributed by atoms with Crippen LogP contribution in [0.2, 0.25) is 0 Å². The predicted octanol–water partition coefficient (Wildman–Crippen LogP) is -1.08. The number of carbonyl (C=O) groups is 1. The molecule has 0 saturated carbocycles. The second kappa shape index (κ2) is 8.47. The van der Waals surface area contributed by atoms with Gasteiger partial charge < -0.3 is 14.2 Å². The minimum Gasteiger partial charge on any atom is -0.463 e. The summed E-state index contributed by atoms with van der Waals surface area (Å²) in [6.07, 6.45) is 0. The molecule has 0 aromatic carbocycles. The normalized spacial score (nSPS) is 19.2. The Hall–Kier alpha value is -0.700. The molecule has 0 unspecified atom stereocenters. The van der Waals surface area contributed by atoms with Crippen molar-refractivity contribution in [2.75, 3.05) is 64.7 Å². The molecular weight excluding hydrogens is 274 g/mol. The highest BCUT2D eigenvalue weighted by atomic mass is 32.2. The lowest BCUT2D eigenvalue weighted by molar-refractivity contribution is -0.149. The molecule has 0 atom stereocenters. The minimum atomic E-state index is -2.86. The summed E-state index contributed by atoms with van der Waals surface area (Å²) in [5, 5.41) is 0. The molecule has 112 valence electrons. The van der Waals surface area contributed by atoms with Crippen molar-refractivity contribution in [3.8, 4) is 0 Å². The number of methoxy groups -OCH3 is 1. The standard InChI is InChI=1S/C11H21NO6S/c1-16-6-7-17-10-11(13)18-5-2-12-3-8-19(14,15)9-4-12/h2-10H2,1H3. The van der Waals surface area contributed by atoms with E-state index >= 15 is 0 Å². The van der Waals surface area contributed by atoms with Crippen LogP contribution in [0, 0.1) is 0 Å². The predicted molar refractivity (Wildman–Crippen MR) is 68.7 cm³/mol. The van der Waals surface area contributed by atoms with Crippen LogP contribution in [-0.4, -0.2) is 84.0 Å². The van der Waals surface area contributed by atoms with Gasteiger partial charge in [-0.15, -0.1) is 0 Å². The molecular formula is C11H21NO6S. The van der Waals surface area contributed by atoms with Crippen LogP contribution in [0.25, 0.3) is 0 Å². The second-order valence-electron chi connectivity index (χ2n) is 4.26. The van der Waals surface area contributed by atoms with Gasteiger partial charge in [-0.05, 0) is 0 Å². The molecule has 1 aliphatic heterocycles. The van der Waals surface area contributed by atoms with Crippen molar-refractivity contribution in [1.82, 2.24) is 4.90 Å². The Balaban J connectivity index is 2.02. The summed E-state index contributed by atoms with van der Waals surface area (Å²) in [5.74, 6) is -0.0527. The zero-order valence-corrected chi connectivity index (χ0v) is 12.0. The first kappa shape index (κ1) is 16.4. The SMILES string of the molecule is COCCOCC(=O)OCCN1CCS(=O)(=O)CC1. The van der Waals surface area contributed by atoms with Crippen LogP contribution in [0.1, 0.15) is 0 Å². The highest BCUT2D eigenvalue weighted by Crippen LogP contribution is 2.02. The van der Waals surface area contributed by atoms with Crippen molar-refractivity contribution >= 4 is 15.8 Å². The van der Waals surface area contributed by atoms with E-state index in [9.17, 15) is 13.2 Å². The van der Waals surface area contributed by atoms with E-state index in [-0.39, 0.29) is 24.7 Å². The Morgan fingerprint density at radius 3 is 2.47 bits per heavy atom. The van der Waals surface area contributed by atoms with Gasteiger partial charge in [0.15, 0.2) is 9.84 Å². The maximum atomic E-state index is 11.2. The highest BCUT2D eigenvalue weighted by molar-refractivity contribution is 7.91. The summed E-state index contributed by atoms with van der Waals surface area (Å²) in [6.45, 7) is 2.53. The van der Waals surface area contributed by atoms with Crippen molar-refractivity contribution in [1.29, 1.82) is 0 Å². The highest BCUT2D eigenvalue weighted by Gasteiger charge is 2.21. The largest absolute Gasteiger partial charge is 0.463 e. The van der Waals surface area contributed by atoms with Crippen molar-refractivity contribution < 1.29 is 27.4 Å². The van der Waals surface area contributed by atoms with Crippen LogP contribution >= 0.6 is 0 Å². The number of sulfone groups is 1. The average molecular weight is 295 g/mol. The zero-order chi connectivity index (χ0) is 14.1. The Labute approximate surface area is 113 Å². The number of rotatable bonds is 8. The van der Waals surface area contributed by atoms with Gasteiger partial charge in [-0.1, -0.05) is 0 Å². The molecule has 1 fully saturated rings. The smallest absolute Gasteiger partial charge is 0.332 e. The van der Waals surface area contributed by atoms with Gasteiger partial charge in [0.05, 0.1) is 24.7 Å². The minimum absolute atomic E-state index is 0.0856. The summed E-state index contributed by atoms with van der Waals surface area (Å²) in [6, 6.07) is 0. The van der Waals surface area contributed by atoms with Gasteiger partial charge in [0, 0.05) is 26.7 Å². The topological polar surface area (TPSA) is 82.1 Å². The molecule has 0 N–H and O–H groups in total.